The number of rotatable bonds is 5. The Kier molecular flexibility index (Phi) is 6.11. The van der Waals surface area contributed by atoms with Gasteiger partial charge in [0.05, 0.1) is 6.20 Å². The van der Waals surface area contributed by atoms with Crippen LogP contribution < -0.4 is 10.5 Å². The van der Waals surface area contributed by atoms with Gasteiger partial charge >= 0.3 is 6.03 Å². The van der Waals surface area contributed by atoms with Gasteiger partial charge in [-0.3, -0.25) is 0 Å². The van der Waals surface area contributed by atoms with Crippen molar-refractivity contribution in [2.24, 2.45) is 9.50 Å². The Morgan fingerprint density at radius 2 is 2.21 bits per heavy atom. The Balaban J connectivity index is 1.87. The zero-order valence-corrected chi connectivity index (χ0v) is 18.1. The first-order valence-electron chi connectivity index (χ1n) is 8.85. The molecular formula is C18H23ClN4O3S2. The predicted molar refractivity (Wildman–Crippen MR) is 112 cm³/mol. The van der Waals surface area contributed by atoms with Crippen LogP contribution >= 0.6 is 22.9 Å². The monoisotopic (exact) mass is 442 g/mol. The van der Waals surface area contributed by atoms with Gasteiger partial charge in [-0.25, -0.2) is 19.1 Å². The largest absolute Gasteiger partial charge is 0.383 e. The van der Waals surface area contributed by atoms with Crippen molar-refractivity contribution in [3.63, 3.8) is 0 Å². The highest BCUT2D eigenvalue weighted by Gasteiger charge is 2.24. The molecule has 0 aliphatic heterocycles. The van der Waals surface area contributed by atoms with E-state index in [0.29, 0.717) is 23.0 Å². The number of anilines is 1. The summed E-state index contributed by atoms with van der Waals surface area (Å²) in [5.74, 6) is 0.488. The summed E-state index contributed by atoms with van der Waals surface area (Å²) in [6.45, 7) is 3.12. The minimum absolute atomic E-state index is 0.140. The van der Waals surface area contributed by atoms with E-state index in [2.05, 4.69) is 20.7 Å². The molecule has 10 heteroatoms. The number of aliphatic hydroxyl groups is 1. The van der Waals surface area contributed by atoms with E-state index in [1.54, 1.807) is 13.8 Å². The summed E-state index contributed by atoms with van der Waals surface area (Å²) in [5.41, 5.74) is 2.79. The van der Waals surface area contributed by atoms with Crippen molar-refractivity contribution >= 4 is 44.6 Å². The van der Waals surface area contributed by atoms with Crippen molar-refractivity contribution in [1.29, 1.82) is 0 Å². The van der Waals surface area contributed by atoms with Crippen LogP contribution in [-0.4, -0.2) is 26.2 Å². The summed E-state index contributed by atoms with van der Waals surface area (Å²) in [5, 5.41) is 18.9. The second-order valence-electron chi connectivity index (χ2n) is 7.21. The normalized spacial score (nSPS) is 15.8. The van der Waals surface area contributed by atoms with Gasteiger partial charge in [-0.05, 0) is 62.3 Å². The van der Waals surface area contributed by atoms with Gasteiger partial charge in [-0.15, -0.1) is 27.3 Å². The quantitative estimate of drug-likeness (QED) is 0.613. The molecule has 28 heavy (non-hydrogen) atoms. The third kappa shape index (κ3) is 4.72. The van der Waals surface area contributed by atoms with Crippen LogP contribution in [0.3, 0.4) is 0 Å². The number of urea groups is 1. The average molecular weight is 443 g/mol. The molecule has 3 rings (SSSR count). The maximum atomic E-state index is 12.8. The Morgan fingerprint density at radius 1 is 1.46 bits per heavy atom. The number of carbonyl (C=O) groups is 1. The molecule has 152 valence electrons. The summed E-state index contributed by atoms with van der Waals surface area (Å²) < 4.78 is 16.6. The summed E-state index contributed by atoms with van der Waals surface area (Å²) in [7, 11) is -3.47. The third-order valence-corrected chi connectivity index (χ3v) is 7.79. The molecule has 1 aromatic heterocycles. The fraction of sp³-hybridized carbons (Fsp3) is 0.444. The first kappa shape index (κ1) is 21.2. The van der Waals surface area contributed by atoms with Crippen molar-refractivity contribution in [2.75, 3.05) is 11.2 Å². The van der Waals surface area contributed by atoms with Gasteiger partial charge in [-0.1, -0.05) is 6.07 Å². The lowest BCUT2D eigenvalue weighted by molar-refractivity contribution is 0.0783. The minimum Gasteiger partial charge on any atom is -0.383 e. The number of amides is 2. The van der Waals surface area contributed by atoms with E-state index in [-0.39, 0.29) is 4.21 Å². The van der Waals surface area contributed by atoms with Gasteiger partial charge in [-0.2, -0.15) is 0 Å². The fourth-order valence-electron chi connectivity index (χ4n) is 3.12. The second kappa shape index (κ2) is 8.08. The lowest BCUT2D eigenvalue weighted by Gasteiger charge is -2.12. The average Bonchev–Trinajstić information content (AvgIpc) is 3.24. The molecule has 1 aliphatic carbocycles. The molecule has 0 spiro atoms. The van der Waals surface area contributed by atoms with Crippen molar-refractivity contribution < 1.29 is 14.1 Å². The molecular weight excluding hydrogens is 420 g/mol. The predicted octanol–water partition coefficient (Wildman–Crippen LogP) is 3.57. The lowest BCUT2D eigenvalue weighted by Crippen LogP contribution is -2.17. The number of alkyl halides is 1. The van der Waals surface area contributed by atoms with E-state index >= 15 is 0 Å². The molecule has 1 aliphatic rings. The summed E-state index contributed by atoms with van der Waals surface area (Å²) in [6, 6.07) is 3.24. The number of nitrogens with one attached hydrogen (secondary N) is 1. The topological polar surface area (TPSA) is 118 Å². The molecule has 7 nitrogen and oxygen atoms in total. The van der Waals surface area contributed by atoms with E-state index in [1.807, 2.05) is 6.07 Å². The molecule has 0 saturated carbocycles. The molecule has 0 saturated heterocycles. The van der Waals surface area contributed by atoms with Gasteiger partial charge in [0.25, 0.3) is 0 Å². The van der Waals surface area contributed by atoms with Gasteiger partial charge in [0, 0.05) is 11.6 Å². The number of hydrogen-bond donors (Lipinski definition) is 3. The summed E-state index contributed by atoms with van der Waals surface area (Å²) >= 11 is 6.83. The van der Waals surface area contributed by atoms with Crippen LogP contribution in [0.5, 0.6) is 0 Å². The minimum atomic E-state index is -3.47. The molecule has 1 heterocycles. The van der Waals surface area contributed by atoms with E-state index in [4.69, 9.17) is 16.7 Å². The first-order chi connectivity index (χ1) is 13.1. The van der Waals surface area contributed by atoms with Crippen LogP contribution in [0.4, 0.5) is 10.5 Å². The van der Waals surface area contributed by atoms with Crippen LogP contribution in [0.15, 0.2) is 26.9 Å². The smallest absolute Gasteiger partial charge is 0.354 e. The van der Waals surface area contributed by atoms with Crippen molar-refractivity contribution in [3.05, 3.63) is 40.0 Å². The Morgan fingerprint density at radius 3 is 2.86 bits per heavy atom. The van der Waals surface area contributed by atoms with Gasteiger partial charge in [0.2, 0.25) is 0 Å². The zero-order valence-electron chi connectivity index (χ0n) is 15.7. The molecule has 0 fully saturated rings. The molecule has 1 aromatic carbocycles. The van der Waals surface area contributed by atoms with Crippen LogP contribution in [0.25, 0.3) is 0 Å². The number of halogens is 1. The second-order valence-corrected chi connectivity index (χ2v) is 10.6. The number of carbonyl (C=O) groups excluding carboxylic acids is 1. The van der Waals surface area contributed by atoms with Crippen LogP contribution in [-0.2, 0) is 34.8 Å². The molecule has 0 radical (unpaired) electrons. The molecule has 4 N–H and O–H groups in total. The SMILES string of the molecule is CC(C)(O)c1ncc([S@](N)(=O)=NC(=O)Nc2cc(CCCl)cc3c2CCC3)s1. The summed E-state index contributed by atoms with van der Waals surface area (Å²) in [4.78, 5) is 16.5. The van der Waals surface area contributed by atoms with Crippen molar-refractivity contribution in [3.8, 4) is 0 Å². The number of benzene rings is 1. The van der Waals surface area contributed by atoms with Gasteiger partial charge < -0.3 is 10.4 Å². The molecule has 2 aromatic rings. The number of nitrogens with two attached hydrogens (primary N) is 1. The zero-order chi connectivity index (χ0) is 20.5. The highest BCUT2D eigenvalue weighted by atomic mass is 35.5. The Bertz CT molecular complexity index is 1020. The number of fused-ring (bicyclic) bond motifs is 1. The highest BCUT2D eigenvalue weighted by Crippen LogP contribution is 2.31. The first-order valence-corrected chi connectivity index (χ1v) is 11.8. The Labute approximate surface area is 173 Å². The number of aryl methyl sites for hydroxylation is 2. The van der Waals surface area contributed by atoms with Crippen LogP contribution in [0, 0.1) is 0 Å². The summed E-state index contributed by atoms with van der Waals surface area (Å²) in [6.07, 6.45) is 4.83. The van der Waals surface area contributed by atoms with E-state index in [1.165, 1.54) is 11.8 Å². The number of aromatic nitrogens is 1. The van der Waals surface area contributed by atoms with Crippen molar-refractivity contribution in [1.82, 2.24) is 4.98 Å². The van der Waals surface area contributed by atoms with E-state index in [0.717, 1.165) is 41.7 Å². The number of thiazole rings is 1. The Hall–Kier alpha value is -1.52. The molecule has 1 atom stereocenters. The lowest BCUT2D eigenvalue weighted by atomic mass is 10.0. The molecule has 0 unspecified atom stereocenters. The van der Waals surface area contributed by atoms with Crippen LogP contribution in [0.1, 0.15) is 42.0 Å². The molecule has 2 amide bonds. The number of nitrogens with zero attached hydrogens (tertiary/aromatic N) is 2. The third-order valence-electron chi connectivity index (χ3n) is 4.41. The van der Waals surface area contributed by atoms with Crippen LogP contribution in [0.2, 0.25) is 0 Å². The molecule has 0 bridgehead atoms. The van der Waals surface area contributed by atoms with E-state index < -0.39 is 21.5 Å². The fourth-order valence-corrected chi connectivity index (χ4v) is 5.40. The van der Waals surface area contributed by atoms with Crippen molar-refractivity contribution in [2.45, 2.75) is 49.3 Å². The maximum absolute atomic E-state index is 12.8. The highest BCUT2D eigenvalue weighted by molar-refractivity contribution is 7.93. The van der Waals surface area contributed by atoms with Gasteiger partial charge in [0.15, 0.2) is 9.92 Å². The van der Waals surface area contributed by atoms with E-state index in [9.17, 15) is 14.1 Å². The number of hydrogen-bond acceptors (Lipinski definition) is 5. The maximum Gasteiger partial charge on any atom is 0.354 e. The standard InChI is InChI=1S/C18H23ClN4O3S2/c1-18(2,25)16-21-10-15(27-16)28(20,26)23-17(24)22-14-9-11(6-7-19)8-12-4-3-5-13(12)14/h8-10,25H,3-7H2,1-2H3,(H3,20,22,23,24,26)/t28-/m1/s1. The van der Waals surface area contributed by atoms with Gasteiger partial charge in [0.1, 0.15) is 14.8 Å².